The number of thiophene rings is 1. The fourth-order valence-corrected chi connectivity index (χ4v) is 3.85. The highest BCUT2D eigenvalue weighted by Gasteiger charge is 2.19. The fourth-order valence-electron chi connectivity index (χ4n) is 2.84. The van der Waals surface area contributed by atoms with E-state index in [1.807, 2.05) is 43.3 Å². The Kier molecular flexibility index (Phi) is 4.77. The van der Waals surface area contributed by atoms with E-state index in [1.54, 1.807) is 11.3 Å². The monoisotopic (exact) mass is 332 g/mol. The molecule has 3 rings (SSSR count). The van der Waals surface area contributed by atoms with Gasteiger partial charge in [0.25, 0.3) is 0 Å². The summed E-state index contributed by atoms with van der Waals surface area (Å²) in [6.45, 7) is 8.17. The molecule has 120 valence electrons. The molecule has 0 fully saturated rings. The predicted octanol–water partition coefficient (Wildman–Crippen LogP) is 6.30. The van der Waals surface area contributed by atoms with Crippen molar-refractivity contribution in [3.8, 4) is 11.1 Å². The molecule has 2 aromatic rings. The maximum atomic E-state index is 12.9. The Hall–Kier alpha value is -2.45. The average Bonchev–Trinajstić information content (AvgIpc) is 2.85. The minimum absolute atomic E-state index is 0.0135. The van der Waals surface area contributed by atoms with Crippen LogP contribution < -0.4 is 0 Å². The minimum atomic E-state index is 0.0135. The molecule has 0 spiro atoms. The Morgan fingerprint density at radius 2 is 1.92 bits per heavy atom. The molecule has 24 heavy (non-hydrogen) atoms. The third-order valence-electron chi connectivity index (χ3n) is 4.21. The van der Waals surface area contributed by atoms with E-state index in [0.717, 1.165) is 38.4 Å². The third-order valence-corrected chi connectivity index (χ3v) is 5.26. The SMILES string of the molecule is C=C(C(=O)c1cc(-c2ccccc2)c(C)s1)C1=CC=CCC=C1C. The number of carbonyl (C=O) groups excluding carboxylic acids is 1. The molecule has 0 amide bonds. The molecular formula is C22H20OS. The fraction of sp³-hybridized carbons (Fsp3) is 0.136. The lowest BCUT2D eigenvalue weighted by Crippen LogP contribution is -2.04. The second kappa shape index (κ2) is 6.98. The highest BCUT2D eigenvalue weighted by molar-refractivity contribution is 7.14. The van der Waals surface area contributed by atoms with E-state index in [9.17, 15) is 4.79 Å². The molecule has 0 atom stereocenters. The first kappa shape index (κ1) is 16.4. The zero-order valence-electron chi connectivity index (χ0n) is 14.0. The summed E-state index contributed by atoms with van der Waals surface area (Å²) in [5.74, 6) is 0.0135. The molecular weight excluding hydrogens is 312 g/mol. The van der Waals surface area contributed by atoms with E-state index in [0.29, 0.717) is 5.57 Å². The highest BCUT2D eigenvalue weighted by Crippen LogP contribution is 2.33. The summed E-state index contributed by atoms with van der Waals surface area (Å²) in [6.07, 6.45) is 9.08. The van der Waals surface area contributed by atoms with Gasteiger partial charge in [-0.3, -0.25) is 4.79 Å². The van der Waals surface area contributed by atoms with Crippen LogP contribution in [0.1, 0.15) is 27.9 Å². The van der Waals surface area contributed by atoms with Gasteiger partial charge in [0.05, 0.1) is 4.88 Å². The highest BCUT2D eigenvalue weighted by atomic mass is 32.1. The van der Waals surface area contributed by atoms with Crippen LogP contribution in [-0.2, 0) is 0 Å². The van der Waals surface area contributed by atoms with Crippen molar-refractivity contribution in [3.05, 3.63) is 93.8 Å². The molecule has 0 saturated carbocycles. The number of ketones is 1. The summed E-state index contributed by atoms with van der Waals surface area (Å²) in [5, 5.41) is 0. The van der Waals surface area contributed by atoms with E-state index < -0.39 is 0 Å². The summed E-state index contributed by atoms with van der Waals surface area (Å²) < 4.78 is 0. The van der Waals surface area contributed by atoms with E-state index in [2.05, 4.69) is 37.8 Å². The van der Waals surface area contributed by atoms with E-state index in [4.69, 9.17) is 0 Å². The van der Waals surface area contributed by atoms with E-state index in [1.165, 1.54) is 0 Å². The van der Waals surface area contributed by atoms with Crippen molar-refractivity contribution in [1.29, 1.82) is 0 Å². The first-order chi connectivity index (χ1) is 11.6. The molecule has 1 aliphatic carbocycles. The van der Waals surface area contributed by atoms with Gasteiger partial charge >= 0.3 is 0 Å². The predicted molar refractivity (Wildman–Crippen MR) is 104 cm³/mol. The van der Waals surface area contributed by atoms with Gasteiger partial charge in [-0.05, 0) is 48.6 Å². The van der Waals surface area contributed by atoms with Crippen molar-refractivity contribution in [3.63, 3.8) is 0 Å². The van der Waals surface area contributed by atoms with Gasteiger partial charge < -0.3 is 0 Å². The van der Waals surface area contributed by atoms with Crippen molar-refractivity contribution in [2.45, 2.75) is 20.3 Å². The Balaban J connectivity index is 1.92. The Morgan fingerprint density at radius 1 is 1.17 bits per heavy atom. The van der Waals surface area contributed by atoms with Crippen LogP contribution in [0.25, 0.3) is 11.1 Å². The van der Waals surface area contributed by atoms with Crippen LogP contribution in [-0.4, -0.2) is 5.78 Å². The second-order valence-corrected chi connectivity index (χ2v) is 7.14. The van der Waals surface area contributed by atoms with Gasteiger partial charge in [0.15, 0.2) is 0 Å². The lowest BCUT2D eigenvalue weighted by atomic mass is 9.95. The summed E-state index contributed by atoms with van der Waals surface area (Å²) in [7, 11) is 0. The molecule has 1 nitrogen and oxygen atoms in total. The molecule has 0 aliphatic heterocycles. The molecule has 0 N–H and O–H groups in total. The van der Waals surface area contributed by atoms with Crippen LogP contribution in [0.2, 0.25) is 0 Å². The number of Topliss-reactive ketones (excluding diaryl/α,β-unsaturated/α-hetero) is 1. The summed E-state index contributed by atoms with van der Waals surface area (Å²) in [6, 6.07) is 12.2. The number of hydrogen-bond acceptors (Lipinski definition) is 2. The Bertz CT molecular complexity index is 876. The standard InChI is InChI=1S/C22H20OS/c1-15-10-6-4-9-13-19(15)16(2)22(23)21-14-20(17(3)24-21)18-11-7-5-8-12-18/h4-5,7-14H,2,6H2,1,3H3. The quantitative estimate of drug-likeness (QED) is 0.474. The van der Waals surface area contributed by atoms with Crippen molar-refractivity contribution in [2.24, 2.45) is 0 Å². The number of hydrogen-bond donors (Lipinski definition) is 0. The van der Waals surface area contributed by atoms with Gasteiger partial charge in [0, 0.05) is 10.5 Å². The molecule has 0 bridgehead atoms. The molecule has 1 aliphatic rings. The Morgan fingerprint density at radius 3 is 2.67 bits per heavy atom. The summed E-state index contributed by atoms with van der Waals surface area (Å²) in [4.78, 5) is 14.8. The lowest BCUT2D eigenvalue weighted by molar-refractivity contribution is 0.104. The van der Waals surface area contributed by atoms with Crippen LogP contribution in [0.5, 0.6) is 0 Å². The topological polar surface area (TPSA) is 17.1 Å². The van der Waals surface area contributed by atoms with Crippen LogP contribution in [0, 0.1) is 6.92 Å². The summed E-state index contributed by atoms with van der Waals surface area (Å²) >= 11 is 1.54. The maximum absolute atomic E-state index is 12.9. The molecule has 0 radical (unpaired) electrons. The van der Waals surface area contributed by atoms with Gasteiger partial charge in [0.2, 0.25) is 5.78 Å². The largest absolute Gasteiger partial charge is 0.288 e. The van der Waals surface area contributed by atoms with Gasteiger partial charge in [0.1, 0.15) is 0 Å². The summed E-state index contributed by atoms with van der Waals surface area (Å²) in [5.41, 5.74) is 4.87. The van der Waals surface area contributed by atoms with Gasteiger partial charge in [-0.25, -0.2) is 0 Å². The normalized spacial score (nSPS) is 13.9. The number of benzene rings is 1. The lowest BCUT2D eigenvalue weighted by Gasteiger charge is -2.08. The van der Waals surface area contributed by atoms with Crippen LogP contribution in [0.4, 0.5) is 0 Å². The number of carbonyl (C=O) groups is 1. The minimum Gasteiger partial charge on any atom is -0.288 e. The zero-order valence-corrected chi connectivity index (χ0v) is 14.8. The molecule has 1 aromatic carbocycles. The van der Waals surface area contributed by atoms with Crippen LogP contribution in [0.15, 0.2) is 84.0 Å². The van der Waals surface area contributed by atoms with Crippen LogP contribution in [0.3, 0.4) is 0 Å². The van der Waals surface area contributed by atoms with Crippen LogP contribution >= 0.6 is 11.3 Å². The first-order valence-corrected chi connectivity index (χ1v) is 8.83. The van der Waals surface area contributed by atoms with Crippen molar-refractivity contribution in [1.82, 2.24) is 0 Å². The van der Waals surface area contributed by atoms with Crippen molar-refractivity contribution in [2.75, 3.05) is 0 Å². The van der Waals surface area contributed by atoms with Gasteiger partial charge in [-0.1, -0.05) is 61.2 Å². The number of aryl methyl sites for hydroxylation is 1. The zero-order chi connectivity index (χ0) is 17.1. The van der Waals surface area contributed by atoms with E-state index in [-0.39, 0.29) is 5.78 Å². The smallest absolute Gasteiger partial charge is 0.202 e. The molecule has 1 heterocycles. The maximum Gasteiger partial charge on any atom is 0.202 e. The van der Waals surface area contributed by atoms with Crippen molar-refractivity contribution < 1.29 is 4.79 Å². The average molecular weight is 332 g/mol. The first-order valence-electron chi connectivity index (χ1n) is 8.01. The second-order valence-electron chi connectivity index (χ2n) is 5.89. The molecule has 2 heteroatoms. The third kappa shape index (κ3) is 3.24. The molecule has 0 unspecified atom stereocenters. The molecule has 0 saturated heterocycles. The van der Waals surface area contributed by atoms with Gasteiger partial charge in [-0.2, -0.15) is 0 Å². The number of allylic oxidation sites excluding steroid dienone is 7. The van der Waals surface area contributed by atoms with Crippen molar-refractivity contribution >= 4 is 17.1 Å². The van der Waals surface area contributed by atoms with E-state index >= 15 is 0 Å². The Labute approximate surface area is 147 Å². The van der Waals surface area contributed by atoms with Gasteiger partial charge in [-0.15, -0.1) is 11.3 Å². The number of rotatable bonds is 4. The molecule has 1 aromatic heterocycles.